The Hall–Kier alpha value is -2.34. The van der Waals surface area contributed by atoms with Crippen molar-refractivity contribution in [3.05, 3.63) is 40.8 Å². The van der Waals surface area contributed by atoms with Crippen LogP contribution in [0.5, 0.6) is 5.75 Å². The maximum atomic E-state index is 11.9. The van der Waals surface area contributed by atoms with E-state index < -0.39 is 5.63 Å². The van der Waals surface area contributed by atoms with E-state index in [0.717, 1.165) is 24.9 Å². The van der Waals surface area contributed by atoms with Crippen LogP contribution in [0.1, 0.15) is 19.3 Å². The van der Waals surface area contributed by atoms with Crippen LogP contribution in [0.4, 0.5) is 0 Å². The minimum absolute atomic E-state index is 0.0501. The molecule has 1 saturated heterocycles. The van der Waals surface area contributed by atoms with Gasteiger partial charge < -0.3 is 19.8 Å². The van der Waals surface area contributed by atoms with E-state index in [-0.39, 0.29) is 12.5 Å². The van der Waals surface area contributed by atoms with Crippen molar-refractivity contribution in [1.29, 1.82) is 0 Å². The predicted molar refractivity (Wildman–Crippen MR) is 91.2 cm³/mol. The normalized spacial score (nSPS) is 17.6. The third-order valence-corrected chi connectivity index (χ3v) is 4.24. The lowest BCUT2D eigenvalue weighted by Gasteiger charge is -2.22. The lowest BCUT2D eigenvalue weighted by molar-refractivity contribution is -0.123. The summed E-state index contributed by atoms with van der Waals surface area (Å²) >= 11 is 0. The van der Waals surface area contributed by atoms with Gasteiger partial charge in [0.15, 0.2) is 6.61 Å². The number of carbonyl (C=O) groups excluding carboxylic acids is 1. The van der Waals surface area contributed by atoms with Crippen LogP contribution < -0.4 is 21.0 Å². The van der Waals surface area contributed by atoms with Gasteiger partial charge in [0.25, 0.3) is 5.91 Å². The molecular formula is C18H22N2O4. The minimum atomic E-state index is -0.408. The van der Waals surface area contributed by atoms with Crippen molar-refractivity contribution in [2.24, 2.45) is 5.92 Å². The highest BCUT2D eigenvalue weighted by molar-refractivity contribution is 5.79. The molecule has 0 aliphatic carbocycles. The summed E-state index contributed by atoms with van der Waals surface area (Å²) in [6, 6.07) is 8.23. The van der Waals surface area contributed by atoms with Gasteiger partial charge in [0.1, 0.15) is 11.3 Å². The number of fused-ring (bicyclic) bond motifs is 1. The lowest BCUT2D eigenvalue weighted by Crippen LogP contribution is -2.34. The molecule has 0 bridgehead atoms. The number of hydrogen-bond donors (Lipinski definition) is 2. The summed E-state index contributed by atoms with van der Waals surface area (Å²) in [5.74, 6) is 1.00. The monoisotopic (exact) mass is 330 g/mol. The van der Waals surface area contributed by atoms with Gasteiger partial charge >= 0.3 is 5.63 Å². The van der Waals surface area contributed by atoms with Crippen LogP contribution >= 0.6 is 0 Å². The zero-order chi connectivity index (χ0) is 16.8. The number of piperidine rings is 1. The molecule has 2 aromatic rings. The summed E-state index contributed by atoms with van der Waals surface area (Å²) in [6.45, 7) is 2.75. The second-order valence-corrected chi connectivity index (χ2v) is 6.09. The van der Waals surface area contributed by atoms with E-state index in [9.17, 15) is 9.59 Å². The average molecular weight is 330 g/mol. The smallest absolute Gasteiger partial charge is 0.336 e. The highest BCUT2D eigenvalue weighted by atomic mass is 16.5. The first kappa shape index (κ1) is 16.5. The molecule has 6 nitrogen and oxygen atoms in total. The number of nitrogens with one attached hydrogen (secondary N) is 2. The fourth-order valence-electron chi connectivity index (χ4n) is 2.92. The fourth-order valence-corrected chi connectivity index (χ4v) is 2.92. The molecule has 24 heavy (non-hydrogen) atoms. The molecule has 6 heteroatoms. The van der Waals surface area contributed by atoms with E-state index >= 15 is 0 Å². The molecule has 0 saturated carbocycles. The van der Waals surface area contributed by atoms with Gasteiger partial charge in [-0.05, 0) is 56.5 Å². The number of amides is 1. The van der Waals surface area contributed by atoms with Crippen LogP contribution in [0.25, 0.3) is 11.0 Å². The van der Waals surface area contributed by atoms with Gasteiger partial charge in [-0.25, -0.2) is 4.79 Å². The third-order valence-electron chi connectivity index (χ3n) is 4.24. The van der Waals surface area contributed by atoms with E-state index in [1.54, 1.807) is 24.3 Å². The van der Waals surface area contributed by atoms with Crippen molar-refractivity contribution < 1.29 is 13.9 Å². The molecule has 2 N–H and O–H groups in total. The van der Waals surface area contributed by atoms with Crippen molar-refractivity contribution in [1.82, 2.24) is 10.6 Å². The Morgan fingerprint density at radius 3 is 3.04 bits per heavy atom. The van der Waals surface area contributed by atoms with Crippen molar-refractivity contribution >= 4 is 16.9 Å². The van der Waals surface area contributed by atoms with Crippen LogP contribution in [0.15, 0.2) is 39.5 Å². The van der Waals surface area contributed by atoms with Crippen molar-refractivity contribution in [2.45, 2.75) is 19.3 Å². The number of hydrogen-bond acceptors (Lipinski definition) is 5. The quantitative estimate of drug-likeness (QED) is 0.788. The Kier molecular flexibility index (Phi) is 5.48. The van der Waals surface area contributed by atoms with Crippen LogP contribution in [0.3, 0.4) is 0 Å². The Morgan fingerprint density at radius 2 is 2.21 bits per heavy atom. The molecule has 1 atom stereocenters. The van der Waals surface area contributed by atoms with E-state index in [4.69, 9.17) is 9.15 Å². The molecule has 1 amide bonds. The molecule has 0 radical (unpaired) electrons. The summed E-state index contributed by atoms with van der Waals surface area (Å²) in [5, 5.41) is 7.06. The maximum Gasteiger partial charge on any atom is 0.336 e. The molecular weight excluding hydrogens is 308 g/mol. The second kappa shape index (κ2) is 7.97. The van der Waals surface area contributed by atoms with Gasteiger partial charge in [-0.15, -0.1) is 0 Å². The molecule has 1 aromatic carbocycles. The Balaban J connectivity index is 1.44. The Labute approximate surface area is 140 Å². The first-order valence-corrected chi connectivity index (χ1v) is 8.35. The molecule has 1 unspecified atom stereocenters. The number of benzene rings is 1. The van der Waals surface area contributed by atoms with Gasteiger partial charge in [-0.2, -0.15) is 0 Å². The number of carbonyl (C=O) groups is 1. The van der Waals surface area contributed by atoms with Crippen molar-refractivity contribution in [3.63, 3.8) is 0 Å². The average Bonchev–Trinajstić information content (AvgIpc) is 2.60. The zero-order valence-electron chi connectivity index (χ0n) is 13.5. The van der Waals surface area contributed by atoms with Crippen LogP contribution in [0, 0.1) is 5.92 Å². The molecule has 1 aliphatic heterocycles. The maximum absolute atomic E-state index is 11.9. The minimum Gasteiger partial charge on any atom is -0.484 e. The lowest BCUT2D eigenvalue weighted by atomic mass is 9.96. The molecule has 1 aromatic heterocycles. The fraction of sp³-hybridized carbons (Fsp3) is 0.444. The van der Waals surface area contributed by atoms with Crippen molar-refractivity contribution in [3.8, 4) is 5.75 Å². The van der Waals surface area contributed by atoms with Gasteiger partial charge in [0.05, 0.1) is 0 Å². The summed E-state index contributed by atoms with van der Waals surface area (Å²) in [4.78, 5) is 23.1. The molecule has 1 aliphatic rings. The molecule has 2 heterocycles. The van der Waals surface area contributed by atoms with Crippen LogP contribution in [0.2, 0.25) is 0 Å². The largest absolute Gasteiger partial charge is 0.484 e. The predicted octanol–water partition coefficient (Wildman–Crippen LogP) is 1.68. The van der Waals surface area contributed by atoms with Crippen LogP contribution in [-0.4, -0.2) is 32.1 Å². The van der Waals surface area contributed by atoms with Gasteiger partial charge in [0, 0.05) is 24.1 Å². The van der Waals surface area contributed by atoms with Crippen molar-refractivity contribution in [2.75, 3.05) is 26.2 Å². The topological polar surface area (TPSA) is 80.6 Å². The summed E-state index contributed by atoms with van der Waals surface area (Å²) < 4.78 is 10.6. The summed E-state index contributed by atoms with van der Waals surface area (Å²) in [7, 11) is 0. The SMILES string of the molecule is O=C(COc1ccc2ccc(=O)oc2c1)NCCC1CCCNC1. The molecule has 0 spiro atoms. The molecule has 128 valence electrons. The first-order valence-electron chi connectivity index (χ1n) is 8.35. The summed E-state index contributed by atoms with van der Waals surface area (Å²) in [6.07, 6.45) is 3.42. The van der Waals surface area contributed by atoms with Crippen LogP contribution in [-0.2, 0) is 4.79 Å². The summed E-state index contributed by atoms with van der Waals surface area (Å²) in [5.41, 5.74) is 0.0415. The standard InChI is InChI=1S/C18H22N2O4/c21-17(20-9-7-13-2-1-8-19-11-13)12-23-15-5-3-14-4-6-18(22)24-16(14)10-15/h3-6,10,13,19H,1-2,7-9,11-12H2,(H,20,21). The zero-order valence-corrected chi connectivity index (χ0v) is 13.5. The number of rotatable bonds is 6. The van der Waals surface area contributed by atoms with E-state index in [2.05, 4.69) is 10.6 Å². The molecule has 3 rings (SSSR count). The second-order valence-electron chi connectivity index (χ2n) is 6.09. The van der Waals surface area contributed by atoms with Gasteiger partial charge in [-0.1, -0.05) is 0 Å². The molecule has 1 fully saturated rings. The van der Waals surface area contributed by atoms with E-state index in [1.807, 2.05) is 0 Å². The van der Waals surface area contributed by atoms with Gasteiger partial charge in [0.2, 0.25) is 0 Å². The Morgan fingerprint density at radius 1 is 1.33 bits per heavy atom. The van der Waals surface area contributed by atoms with E-state index in [1.165, 1.54) is 18.9 Å². The van der Waals surface area contributed by atoms with Gasteiger partial charge in [-0.3, -0.25) is 4.79 Å². The Bertz CT molecular complexity index is 750. The highest BCUT2D eigenvalue weighted by Gasteiger charge is 2.13. The highest BCUT2D eigenvalue weighted by Crippen LogP contribution is 2.19. The van der Waals surface area contributed by atoms with E-state index in [0.29, 0.717) is 23.8 Å². The third kappa shape index (κ3) is 4.58. The number of ether oxygens (including phenoxy) is 1. The first-order chi connectivity index (χ1) is 11.7.